The van der Waals surface area contributed by atoms with Gasteiger partial charge < -0.3 is 0 Å². The summed E-state index contributed by atoms with van der Waals surface area (Å²) in [5.74, 6) is 0.562. The van der Waals surface area contributed by atoms with E-state index in [9.17, 15) is 0 Å². The van der Waals surface area contributed by atoms with Gasteiger partial charge in [0, 0.05) is 5.92 Å². The van der Waals surface area contributed by atoms with Gasteiger partial charge in [-0.05, 0) is 42.0 Å². The van der Waals surface area contributed by atoms with Gasteiger partial charge in [0.1, 0.15) is 0 Å². The Labute approximate surface area is 106 Å². The van der Waals surface area contributed by atoms with Crippen molar-refractivity contribution < 1.29 is 0 Å². The first-order valence-corrected chi connectivity index (χ1v) is 7.07. The number of hydrogen-bond donors (Lipinski definition) is 0. The van der Waals surface area contributed by atoms with E-state index in [1.165, 1.54) is 55.2 Å². The second kappa shape index (κ2) is 6.05. The molecule has 1 radical (unpaired) electrons. The highest BCUT2D eigenvalue weighted by Crippen LogP contribution is 2.35. The van der Waals surface area contributed by atoms with Crippen LogP contribution in [0, 0.1) is 6.08 Å². The highest BCUT2D eigenvalue weighted by Gasteiger charge is 2.18. The van der Waals surface area contributed by atoms with Crippen molar-refractivity contribution in [1.82, 2.24) is 0 Å². The largest absolute Gasteiger partial charge is 0.0654 e. The molecule has 1 aromatic carbocycles. The maximum atomic E-state index is 3.55. The normalized spacial score (nSPS) is 17.4. The van der Waals surface area contributed by atoms with E-state index in [1.54, 1.807) is 0 Å². The molecule has 1 atom stereocenters. The minimum absolute atomic E-state index is 0.562. The molecular formula is C17H23. The number of benzene rings is 1. The lowest BCUT2D eigenvalue weighted by molar-refractivity contribution is 0.660. The number of rotatable bonds is 6. The number of allylic oxidation sites excluding steroid dienone is 1. The molecule has 0 nitrogen and oxygen atoms in total. The number of unbranched alkanes of at least 4 members (excludes halogenated alkanes) is 2. The molecule has 1 aliphatic rings. The summed E-state index contributed by atoms with van der Waals surface area (Å²) in [5, 5.41) is 0. The Balaban J connectivity index is 2.14. The van der Waals surface area contributed by atoms with Crippen molar-refractivity contribution >= 4 is 6.08 Å². The topological polar surface area (TPSA) is 0 Å². The molecule has 17 heavy (non-hydrogen) atoms. The molecule has 0 bridgehead atoms. The average molecular weight is 227 g/mol. The summed E-state index contributed by atoms with van der Waals surface area (Å²) in [7, 11) is 0. The van der Waals surface area contributed by atoms with E-state index in [2.05, 4.69) is 44.2 Å². The fraction of sp³-hybridized carbons (Fsp3) is 0.529. The molecular weight excluding hydrogens is 204 g/mol. The van der Waals surface area contributed by atoms with Gasteiger partial charge in [-0.2, -0.15) is 0 Å². The molecule has 0 heterocycles. The van der Waals surface area contributed by atoms with Crippen molar-refractivity contribution in [3.8, 4) is 0 Å². The maximum absolute atomic E-state index is 3.55. The van der Waals surface area contributed by atoms with Crippen LogP contribution in [-0.2, 0) is 6.42 Å². The zero-order valence-corrected chi connectivity index (χ0v) is 11.1. The van der Waals surface area contributed by atoms with Gasteiger partial charge in [0.05, 0.1) is 0 Å². The Morgan fingerprint density at radius 3 is 2.71 bits per heavy atom. The van der Waals surface area contributed by atoms with Crippen LogP contribution < -0.4 is 0 Å². The summed E-state index contributed by atoms with van der Waals surface area (Å²) in [5.41, 5.74) is 4.52. The van der Waals surface area contributed by atoms with Gasteiger partial charge in [0.2, 0.25) is 0 Å². The quantitative estimate of drug-likeness (QED) is 0.631. The molecule has 2 rings (SSSR count). The smallest absolute Gasteiger partial charge is 0.00985 e. The van der Waals surface area contributed by atoms with Gasteiger partial charge >= 0.3 is 0 Å². The van der Waals surface area contributed by atoms with E-state index in [0.717, 1.165) is 0 Å². The van der Waals surface area contributed by atoms with Crippen LogP contribution in [0.4, 0.5) is 0 Å². The molecule has 91 valence electrons. The Bertz CT molecular complexity index is 387. The fourth-order valence-corrected chi connectivity index (χ4v) is 2.62. The number of hydrogen-bond acceptors (Lipinski definition) is 0. The second-order valence-corrected chi connectivity index (χ2v) is 5.03. The lowest BCUT2D eigenvalue weighted by Crippen LogP contribution is -1.96. The molecule has 0 amide bonds. The first-order valence-electron chi connectivity index (χ1n) is 7.07. The Hall–Kier alpha value is -1.04. The maximum Gasteiger partial charge on any atom is 0.00985 e. The first-order chi connectivity index (χ1) is 8.36. The van der Waals surface area contributed by atoms with Crippen molar-refractivity contribution in [2.24, 2.45) is 0 Å². The van der Waals surface area contributed by atoms with Gasteiger partial charge in [-0.25, -0.2) is 0 Å². The lowest BCUT2D eigenvalue weighted by Gasteiger charge is -2.12. The van der Waals surface area contributed by atoms with Gasteiger partial charge in [-0.3, -0.25) is 0 Å². The van der Waals surface area contributed by atoms with Crippen molar-refractivity contribution in [3.63, 3.8) is 0 Å². The fourth-order valence-electron chi connectivity index (χ4n) is 2.62. The third kappa shape index (κ3) is 2.80. The molecule has 0 aliphatic heterocycles. The Morgan fingerprint density at radius 1 is 1.12 bits per heavy atom. The van der Waals surface area contributed by atoms with Crippen LogP contribution in [-0.4, -0.2) is 0 Å². The summed E-state index contributed by atoms with van der Waals surface area (Å²) in [6, 6.07) is 6.81. The van der Waals surface area contributed by atoms with E-state index in [-0.39, 0.29) is 0 Å². The monoisotopic (exact) mass is 227 g/mol. The van der Waals surface area contributed by atoms with Crippen molar-refractivity contribution in [1.29, 1.82) is 0 Å². The van der Waals surface area contributed by atoms with E-state index < -0.39 is 0 Å². The van der Waals surface area contributed by atoms with E-state index >= 15 is 0 Å². The van der Waals surface area contributed by atoms with Crippen LogP contribution in [0.25, 0.3) is 6.08 Å². The van der Waals surface area contributed by atoms with Gasteiger partial charge in [-0.1, -0.05) is 57.4 Å². The third-order valence-corrected chi connectivity index (χ3v) is 3.68. The molecule has 0 fully saturated rings. The van der Waals surface area contributed by atoms with Crippen LogP contribution in [0.3, 0.4) is 0 Å². The standard InChI is InChI=1S/C17H23/c1-3-5-8-14-10-7-11-16-15(9-6-4-2)12-13-17(14)16/h7,10-11,13,15H,3-6,8-9H2,1-2H3. The second-order valence-electron chi connectivity index (χ2n) is 5.03. The Morgan fingerprint density at radius 2 is 1.94 bits per heavy atom. The Kier molecular flexibility index (Phi) is 4.42. The van der Waals surface area contributed by atoms with E-state index in [1.807, 2.05) is 0 Å². The molecule has 1 aromatic rings. The van der Waals surface area contributed by atoms with Gasteiger partial charge in [-0.15, -0.1) is 0 Å². The third-order valence-electron chi connectivity index (χ3n) is 3.68. The van der Waals surface area contributed by atoms with Crippen LogP contribution in [0.5, 0.6) is 0 Å². The summed E-state index contributed by atoms with van der Waals surface area (Å²) in [6.45, 7) is 4.52. The average Bonchev–Trinajstić information content (AvgIpc) is 2.77. The minimum atomic E-state index is 0.562. The van der Waals surface area contributed by atoms with E-state index in [4.69, 9.17) is 0 Å². The van der Waals surface area contributed by atoms with Gasteiger partial charge in [0.15, 0.2) is 0 Å². The molecule has 0 N–H and O–H groups in total. The SMILES string of the molecule is CCCCc1cccc2c1C=[C]C2CCCC. The van der Waals surface area contributed by atoms with Crippen LogP contribution >= 0.6 is 0 Å². The van der Waals surface area contributed by atoms with Crippen LogP contribution in [0.15, 0.2) is 18.2 Å². The molecule has 0 saturated carbocycles. The molecule has 1 unspecified atom stereocenters. The van der Waals surface area contributed by atoms with Crippen molar-refractivity contribution in [3.05, 3.63) is 41.0 Å². The van der Waals surface area contributed by atoms with Crippen molar-refractivity contribution in [2.45, 2.75) is 58.3 Å². The van der Waals surface area contributed by atoms with Gasteiger partial charge in [0.25, 0.3) is 0 Å². The summed E-state index contributed by atoms with van der Waals surface area (Å²) < 4.78 is 0. The lowest BCUT2D eigenvalue weighted by atomic mass is 9.92. The van der Waals surface area contributed by atoms with Crippen LogP contribution in [0.2, 0.25) is 0 Å². The highest BCUT2D eigenvalue weighted by atomic mass is 14.2. The van der Waals surface area contributed by atoms with E-state index in [0.29, 0.717) is 5.92 Å². The first kappa shape index (κ1) is 12.4. The molecule has 1 aliphatic carbocycles. The predicted molar refractivity (Wildman–Crippen MR) is 75.0 cm³/mol. The summed E-state index contributed by atoms with van der Waals surface area (Å²) >= 11 is 0. The number of aryl methyl sites for hydroxylation is 1. The summed E-state index contributed by atoms with van der Waals surface area (Å²) in [6.07, 6.45) is 13.4. The molecule has 0 spiro atoms. The van der Waals surface area contributed by atoms with Crippen molar-refractivity contribution in [2.75, 3.05) is 0 Å². The van der Waals surface area contributed by atoms with Crippen LogP contribution in [0.1, 0.15) is 68.6 Å². The highest BCUT2D eigenvalue weighted by molar-refractivity contribution is 5.63. The zero-order valence-electron chi connectivity index (χ0n) is 11.1. The predicted octanol–water partition coefficient (Wildman–Crippen LogP) is 5.13. The molecule has 0 aromatic heterocycles. The zero-order chi connectivity index (χ0) is 12.1. The summed E-state index contributed by atoms with van der Waals surface area (Å²) in [4.78, 5) is 0. The molecule has 0 saturated heterocycles. The minimum Gasteiger partial charge on any atom is -0.0654 e. The molecule has 0 heteroatoms. The number of fused-ring (bicyclic) bond motifs is 1.